The van der Waals surface area contributed by atoms with E-state index in [-0.39, 0.29) is 23.6 Å². The molecule has 0 bridgehead atoms. The molecule has 3 heterocycles. The molecule has 4 rings (SSSR count). The Bertz CT molecular complexity index is 1280. The summed E-state index contributed by atoms with van der Waals surface area (Å²) < 4.78 is 17.2. The van der Waals surface area contributed by atoms with Crippen LogP contribution in [0.3, 0.4) is 0 Å². The molecule has 0 saturated carbocycles. The summed E-state index contributed by atoms with van der Waals surface area (Å²) in [4.78, 5) is 30.0. The molecule has 1 N–H and O–H groups in total. The number of nitrogens with zero attached hydrogens (tertiary/aromatic N) is 6. The van der Waals surface area contributed by atoms with Crippen LogP contribution in [-0.2, 0) is 6.54 Å². The third kappa shape index (κ3) is 4.77. The van der Waals surface area contributed by atoms with Crippen LogP contribution in [0.1, 0.15) is 52.9 Å². The first-order valence-electron chi connectivity index (χ1n) is 10.6. The maximum Gasteiger partial charge on any atom is 0.254 e. The molecule has 9 heteroatoms. The average molecular weight is 446 g/mol. The van der Waals surface area contributed by atoms with E-state index in [0.29, 0.717) is 23.0 Å². The molecular formula is C24H24FN7O. The van der Waals surface area contributed by atoms with Gasteiger partial charge in [-0.15, -0.1) is 0 Å². The van der Waals surface area contributed by atoms with Crippen molar-refractivity contribution in [3.63, 3.8) is 0 Å². The molecule has 0 spiro atoms. The molecule has 0 atom stereocenters. The van der Waals surface area contributed by atoms with Crippen molar-refractivity contribution in [1.29, 1.82) is 0 Å². The van der Waals surface area contributed by atoms with Gasteiger partial charge in [-0.2, -0.15) is 5.10 Å². The first kappa shape index (κ1) is 22.2. The van der Waals surface area contributed by atoms with Crippen molar-refractivity contribution in [2.75, 3.05) is 0 Å². The standard InChI is InChI=1S/C24H24FN7O/c1-14(2)23-30-13-31-32(23)17-7-18(20-6-5-15(3)9-26-20)22(25)19(8-17)24(33)29-12-21-27-10-16(4)11-28-21/h5-11,13-14H,12H2,1-4H3,(H,29,33). The third-order valence-electron chi connectivity index (χ3n) is 5.07. The number of hydrogen-bond acceptors (Lipinski definition) is 6. The molecule has 1 aromatic carbocycles. The van der Waals surface area contributed by atoms with Gasteiger partial charge in [0.2, 0.25) is 0 Å². The van der Waals surface area contributed by atoms with Gasteiger partial charge in [-0.25, -0.2) is 24.0 Å². The summed E-state index contributed by atoms with van der Waals surface area (Å²) in [6.07, 6.45) is 6.42. The average Bonchev–Trinajstić information content (AvgIpc) is 3.30. The second kappa shape index (κ2) is 9.23. The molecule has 1 amide bonds. The van der Waals surface area contributed by atoms with E-state index in [1.54, 1.807) is 35.4 Å². The lowest BCUT2D eigenvalue weighted by Crippen LogP contribution is -2.25. The van der Waals surface area contributed by atoms with Gasteiger partial charge in [-0.05, 0) is 43.2 Å². The minimum Gasteiger partial charge on any atom is -0.345 e. The van der Waals surface area contributed by atoms with Gasteiger partial charge in [0.05, 0.1) is 23.5 Å². The Hall–Kier alpha value is -4.01. The molecule has 168 valence electrons. The number of halogens is 1. The van der Waals surface area contributed by atoms with Crippen LogP contribution in [0, 0.1) is 19.7 Å². The Labute approximate surface area is 191 Å². The van der Waals surface area contributed by atoms with Crippen LogP contribution in [0.2, 0.25) is 0 Å². The summed E-state index contributed by atoms with van der Waals surface area (Å²) in [5.41, 5.74) is 2.88. The quantitative estimate of drug-likeness (QED) is 0.483. The number of nitrogens with one attached hydrogen (secondary N) is 1. The van der Waals surface area contributed by atoms with Gasteiger partial charge < -0.3 is 5.32 Å². The molecule has 0 aliphatic rings. The van der Waals surface area contributed by atoms with Gasteiger partial charge in [0, 0.05) is 30.1 Å². The molecule has 0 radical (unpaired) electrons. The largest absolute Gasteiger partial charge is 0.345 e. The molecule has 33 heavy (non-hydrogen) atoms. The first-order chi connectivity index (χ1) is 15.8. The Balaban J connectivity index is 1.76. The summed E-state index contributed by atoms with van der Waals surface area (Å²) in [5, 5.41) is 7.00. The highest BCUT2D eigenvalue weighted by Gasteiger charge is 2.21. The number of benzene rings is 1. The number of rotatable bonds is 6. The van der Waals surface area contributed by atoms with Crippen molar-refractivity contribution < 1.29 is 9.18 Å². The second-order valence-corrected chi connectivity index (χ2v) is 8.12. The van der Waals surface area contributed by atoms with Crippen LogP contribution in [0.5, 0.6) is 0 Å². The number of hydrogen-bond donors (Lipinski definition) is 1. The fourth-order valence-electron chi connectivity index (χ4n) is 3.32. The molecule has 0 saturated heterocycles. The topological polar surface area (TPSA) is 98.5 Å². The van der Waals surface area contributed by atoms with Crippen molar-refractivity contribution in [1.82, 2.24) is 35.0 Å². The minimum atomic E-state index is -0.663. The SMILES string of the molecule is Cc1ccc(-c2cc(-n3ncnc3C(C)C)cc(C(=O)NCc3ncc(C)cn3)c2F)nc1. The van der Waals surface area contributed by atoms with Crippen molar-refractivity contribution >= 4 is 5.91 Å². The van der Waals surface area contributed by atoms with Crippen LogP contribution in [0.15, 0.2) is 49.2 Å². The van der Waals surface area contributed by atoms with E-state index >= 15 is 4.39 Å². The Morgan fingerprint density at radius 2 is 1.76 bits per heavy atom. The number of aromatic nitrogens is 6. The van der Waals surface area contributed by atoms with E-state index in [2.05, 4.69) is 30.4 Å². The van der Waals surface area contributed by atoms with E-state index < -0.39 is 11.7 Å². The number of carbonyl (C=O) groups is 1. The van der Waals surface area contributed by atoms with Crippen LogP contribution >= 0.6 is 0 Å². The lowest BCUT2D eigenvalue weighted by molar-refractivity contribution is 0.0946. The van der Waals surface area contributed by atoms with E-state index in [1.807, 2.05) is 33.8 Å². The van der Waals surface area contributed by atoms with Crippen molar-refractivity contribution in [3.05, 3.63) is 83.3 Å². The van der Waals surface area contributed by atoms with Crippen LogP contribution in [-0.4, -0.2) is 35.6 Å². The highest BCUT2D eigenvalue weighted by atomic mass is 19.1. The molecule has 0 aliphatic carbocycles. The monoisotopic (exact) mass is 445 g/mol. The van der Waals surface area contributed by atoms with Crippen LogP contribution in [0.4, 0.5) is 4.39 Å². The smallest absolute Gasteiger partial charge is 0.254 e. The highest BCUT2D eigenvalue weighted by Crippen LogP contribution is 2.28. The summed E-state index contributed by atoms with van der Waals surface area (Å²) in [6, 6.07) is 6.67. The first-order valence-corrected chi connectivity index (χ1v) is 10.6. The Morgan fingerprint density at radius 3 is 2.42 bits per heavy atom. The van der Waals surface area contributed by atoms with E-state index in [9.17, 15) is 4.79 Å². The van der Waals surface area contributed by atoms with E-state index in [1.165, 1.54) is 12.4 Å². The van der Waals surface area contributed by atoms with Crippen molar-refractivity contribution in [3.8, 4) is 16.9 Å². The van der Waals surface area contributed by atoms with Gasteiger partial charge in [-0.1, -0.05) is 19.9 Å². The van der Waals surface area contributed by atoms with Gasteiger partial charge in [0.1, 0.15) is 23.8 Å². The van der Waals surface area contributed by atoms with E-state index in [0.717, 1.165) is 11.1 Å². The number of amides is 1. The zero-order chi connectivity index (χ0) is 23.5. The van der Waals surface area contributed by atoms with Crippen molar-refractivity contribution in [2.45, 2.75) is 40.2 Å². The van der Waals surface area contributed by atoms with Crippen LogP contribution < -0.4 is 5.32 Å². The lowest BCUT2D eigenvalue weighted by Gasteiger charge is -2.14. The molecule has 4 aromatic rings. The molecule has 3 aromatic heterocycles. The predicted octanol–water partition coefficient (Wildman–Crippen LogP) is 3.93. The lowest BCUT2D eigenvalue weighted by atomic mass is 10.0. The molecular weight excluding hydrogens is 421 g/mol. The Morgan fingerprint density at radius 1 is 1.03 bits per heavy atom. The molecule has 8 nitrogen and oxygen atoms in total. The second-order valence-electron chi connectivity index (χ2n) is 8.12. The van der Waals surface area contributed by atoms with Gasteiger partial charge in [0.25, 0.3) is 5.91 Å². The summed E-state index contributed by atoms with van der Waals surface area (Å²) in [7, 11) is 0. The zero-order valence-corrected chi connectivity index (χ0v) is 18.9. The predicted molar refractivity (Wildman–Crippen MR) is 121 cm³/mol. The van der Waals surface area contributed by atoms with E-state index in [4.69, 9.17) is 0 Å². The summed E-state index contributed by atoms with van der Waals surface area (Å²) in [6.45, 7) is 7.82. The molecule has 0 aliphatic heterocycles. The summed E-state index contributed by atoms with van der Waals surface area (Å²) in [5.74, 6) is -0.0376. The number of aryl methyl sites for hydroxylation is 2. The fourth-order valence-corrected chi connectivity index (χ4v) is 3.32. The number of carbonyl (C=O) groups excluding carboxylic acids is 1. The normalized spacial score (nSPS) is 11.1. The van der Waals surface area contributed by atoms with Crippen LogP contribution in [0.25, 0.3) is 16.9 Å². The minimum absolute atomic E-state index is 0.0709. The van der Waals surface area contributed by atoms with Gasteiger partial charge in [0.15, 0.2) is 0 Å². The maximum atomic E-state index is 15.6. The van der Waals surface area contributed by atoms with Gasteiger partial charge >= 0.3 is 0 Å². The number of pyridine rings is 1. The fraction of sp³-hybridized carbons (Fsp3) is 0.250. The van der Waals surface area contributed by atoms with Gasteiger partial charge in [-0.3, -0.25) is 9.78 Å². The third-order valence-corrected chi connectivity index (χ3v) is 5.07. The summed E-state index contributed by atoms with van der Waals surface area (Å²) >= 11 is 0. The van der Waals surface area contributed by atoms with Crippen molar-refractivity contribution in [2.24, 2.45) is 0 Å². The highest BCUT2D eigenvalue weighted by molar-refractivity contribution is 5.96. The molecule has 0 fully saturated rings. The zero-order valence-electron chi connectivity index (χ0n) is 18.9. The Kier molecular flexibility index (Phi) is 6.21. The molecule has 0 unspecified atom stereocenters. The maximum absolute atomic E-state index is 15.6.